The van der Waals surface area contributed by atoms with Gasteiger partial charge in [0.15, 0.2) is 5.78 Å². The number of hydrogen-bond acceptors (Lipinski definition) is 2. The molecule has 1 heterocycles. The van der Waals surface area contributed by atoms with Crippen molar-refractivity contribution in [2.24, 2.45) is 11.8 Å². The fourth-order valence-corrected chi connectivity index (χ4v) is 3.26. The van der Waals surface area contributed by atoms with E-state index in [1.54, 1.807) is 0 Å². The van der Waals surface area contributed by atoms with E-state index in [-0.39, 0.29) is 5.92 Å². The van der Waals surface area contributed by atoms with Gasteiger partial charge in [0.2, 0.25) is 0 Å². The van der Waals surface area contributed by atoms with Crippen molar-refractivity contribution >= 4 is 5.78 Å². The number of benzene rings is 1. The molecule has 2 nitrogen and oxygen atoms in total. The summed E-state index contributed by atoms with van der Waals surface area (Å²) in [4.78, 5) is 12.5. The molecule has 0 radical (unpaired) electrons. The molecule has 0 saturated heterocycles. The van der Waals surface area contributed by atoms with Gasteiger partial charge >= 0.3 is 0 Å². The molecule has 1 saturated carbocycles. The van der Waals surface area contributed by atoms with Gasteiger partial charge in [0.25, 0.3) is 0 Å². The maximum Gasteiger partial charge on any atom is 0.165 e. The molecule has 1 aromatic carbocycles. The van der Waals surface area contributed by atoms with E-state index in [9.17, 15) is 4.79 Å². The number of carbonyl (C=O) groups excluding carboxylic acids is 1. The van der Waals surface area contributed by atoms with Crippen molar-refractivity contribution in [3.63, 3.8) is 0 Å². The number of Topliss-reactive ketones (excluding diaryl/α,β-unsaturated/α-hetero) is 1. The Bertz CT molecular complexity index is 464. The van der Waals surface area contributed by atoms with Crippen molar-refractivity contribution in [3.05, 3.63) is 29.3 Å². The largest absolute Gasteiger partial charge is 0.493 e. The Hall–Kier alpha value is -1.31. The van der Waals surface area contributed by atoms with E-state index in [1.807, 2.05) is 18.2 Å². The molecule has 0 amide bonds. The smallest absolute Gasteiger partial charge is 0.165 e. The molecule has 2 unspecified atom stereocenters. The Kier molecular flexibility index (Phi) is 3.11. The van der Waals surface area contributed by atoms with E-state index in [1.165, 1.54) is 18.4 Å². The molecule has 2 atom stereocenters. The van der Waals surface area contributed by atoms with Gasteiger partial charge in [0.1, 0.15) is 5.75 Å². The first kappa shape index (κ1) is 11.8. The van der Waals surface area contributed by atoms with Crippen molar-refractivity contribution in [1.82, 2.24) is 0 Å². The Morgan fingerprint density at radius 1 is 1.39 bits per heavy atom. The highest BCUT2D eigenvalue weighted by Crippen LogP contribution is 2.36. The predicted octanol–water partition coefficient (Wildman–Crippen LogP) is 3.63. The van der Waals surface area contributed by atoms with Crippen LogP contribution in [0.3, 0.4) is 0 Å². The first-order valence-corrected chi connectivity index (χ1v) is 7.08. The molecule has 1 aliphatic heterocycles. The second-order valence-corrected chi connectivity index (χ2v) is 5.57. The minimum absolute atomic E-state index is 0.260. The van der Waals surface area contributed by atoms with E-state index < -0.39 is 0 Å². The lowest BCUT2D eigenvalue weighted by molar-refractivity contribution is 0.0920. The van der Waals surface area contributed by atoms with E-state index in [4.69, 9.17) is 4.74 Å². The lowest BCUT2D eigenvalue weighted by atomic mass is 9.93. The Morgan fingerprint density at radius 3 is 3.06 bits per heavy atom. The fourth-order valence-electron chi connectivity index (χ4n) is 3.26. The summed E-state index contributed by atoms with van der Waals surface area (Å²) in [5.74, 6) is 2.33. The van der Waals surface area contributed by atoms with Crippen molar-refractivity contribution in [1.29, 1.82) is 0 Å². The van der Waals surface area contributed by atoms with E-state index in [2.05, 4.69) is 6.92 Å². The van der Waals surface area contributed by atoms with Crippen molar-refractivity contribution < 1.29 is 9.53 Å². The summed E-state index contributed by atoms with van der Waals surface area (Å²) in [6.45, 7) is 2.98. The number of ketones is 1. The van der Waals surface area contributed by atoms with Crippen LogP contribution in [0.2, 0.25) is 0 Å². The van der Waals surface area contributed by atoms with Gasteiger partial charge in [-0.2, -0.15) is 0 Å². The van der Waals surface area contributed by atoms with Gasteiger partial charge in [-0.15, -0.1) is 0 Å². The Labute approximate surface area is 108 Å². The standard InChI is InChI=1S/C16H20O2/c1-2-11-3-4-13(9-11)16(17)14-5-6-15-12(10-14)7-8-18-15/h5-6,10-11,13H,2-4,7-9H2,1H3. The van der Waals surface area contributed by atoms with Gasteiger partial charge < -0.3 is 4.74 Å². The fraction of sp³-hybridized carbons (Fsp3) is 0.562. The zero-order valence-electron chi connectivity index (χ0n) is 10.9. The molecule has 0 bridgehead atoms. The minimum atomic E-state index is 0.260. The first-order valence-electron chi connectivity index (χ1n) is 7.08. The molecule has 96 valence electrons. The van der Waals surface area contributed by atoms with E-state index in [0.717, 1.165) is 43.1 Å². The van der Waals surface area contributed by atoms with Crippen LogP contribution in [-0.4, -0.2) is 12.4 Å². The lowest BCUT2D eigenvalue weighted by Gasteiger charge is -2.10. The third kappa shape index (κ3) is 2.05. The SMILES string of the molecule is CCC1CCC(C(=O)c2ccc3c(c2)CCO3)C1. The van der Waals surface area contributed by atoms with Crippen LogP contribution in [-0.2, 0) is 6.42 Å². The molecule has 18 heavy (non-hydrogen) atoms. The van der Waals surface area contributed by atoms with E-state index in [0.29, 0.717) is 5.78 Å². The van der Waals surface area contributed by atoms with Gasteiger partial charge in [-0.25, -0.2) is 0 Å². The zero-order chi connectivity index (χ0) is 12.5. The van der Waals surface area contributed by atoms with Crippen molar-refractivity contribution in [2.75, 3.05) is 6.61 Å². The van der Waals surface area contributed by atoms with Crippen LogP contribution in [0.4, 0.5) is 0 Å². The Morgan fingerprint density at radius 2 is 2.28 bits per heavy atom. The third-order valence-corrected chi connectivity index (χ3v) is 4.46. The molecular weight excluding hydrogens is 224 g/mol. The number of ether oxygens (including phenoxy) is 1. The summed E-state index contributed by atoms with van der Waals surface area (Å²) >= 11 is 0. The van der Waals surface area contributed by atoms with Crippen molar-refractivity contribution in [2.45, 2.75) is 39.0 Å². The summed E-state index contributed by atoms with van der Waals surface area (Å²) < 4.78 is 5.48. The second-order valence-electron chi connectivity index (χ2n) is 5.57. The second kappa shape index (κ2) is 4.75. The summed E-state index contributed by atoms with van der Waals surface area (Å²) in [5.41, 5.74) is 2.09. The normalized spacial score (nSPS) is 25.8. The average Bonchev–Trinajstić information content (AvgIpc) is 3.05. The van der Waals surface area contributed by atoms with Gasteiger partial charge in [-0.3, -0.25) is 4.79 Å². The molecule has 1 aliphatic carbocycles. The van der Waals surface area contributed by atoms with Gasteiger partial charge in [-0.05, 0) is 48.9 Å². The average molecular weight is 244 g/mol. The first-order chi connectivity index (χ1) is 8.78. The maximum atomic E-state index is 12.5. The monoisotopic (exact) mass is 244 g/mol. The number of carbonyl (C=O) groups is 1. The number of fused-ring (bicyclic) bond motifs is 1. The van der Waals surface area contributed by atoms with Gasteiger partial charge in [0.05, 0.1) is 6.61 Å². The molecule has 0 spiro atoms. The van der Waals surface area contributed by atoms with Gasteiger partial charge in [-0.1, -0.05) is 13.3 Å². The molecule has 2 heteroatoms. The van der Waals surface area contributed by atoms with Crippen molar-refractivity contribution in [3.8, 4) is 5.75 Å². The molecule has 0 N–H and O–H groups in total. The highest BCUT2D eigenvalue weighted by molar-refractivity contribution is 5.98. The molecular formula is C16H20O2. The van der Waals surface area contributed by atoms with Crippen LogP contribution in [0.1, 0.15) is 48.5 Å². The highest BCUT2D eigenvalue weighted by Gasteiger charge is 2.29. The third-order valence-electron chi connectivity index (χ3n) is 4.46. The topological polar surface area (TPSA) is 26.3 Å². The quantitative estimate of drug-likeness (QED) is 0.759. The molecule has 0 aromatic heterocycles. The zero-order valence-corrected chi connectivity index (χ0v) is 10.9. The van der Waals surface area contributed by atoms with Crippen LogP contribution >= 0.6 is 0 Å². The minimum Gasteiger partial charge on any atom is -0.493 e. The summed E-state index contributed by atoms with van der Waals surface area (Å²) in [5, 5.41) is 0. The van der Waals surface area contributed by atoms with Crippen LogP contribution < -0.4 is 4.74 Å². The Balaban J connectivity index is 1.77. The number of rotatable bonds is 3. The molecule has 3 rings (SSSR count). The van der Waals surface area contributed by atoms with Gasteiger partial charge in [0, 0.05) is 17.9 Å². The highest BCUT2D eigenvalue weighted by atomic mass is 16.5. The van der Waals surface area contributed by atoms with E-state index >= 15 is 0 Å². The summed E-state index contributed by atoms with van der Waals surface area (Å²) in [7, 11) is 0. The summed E-state index contributed by atoms with van der Waals surface area (Å²) in [6.07, 6.45) is 5.54. The maximum absolute atomic E-state index is 12.5. The van der Waals surface area contributed by atoms with Crippen LogP contribution in [0.15, 0.2) is 18.2 Å². The molecule has 1 fully saturated rings. The van der Waals surface area contributed by atoms with Crippen LogP contribution in [0.5, 0.6) is 5.75 Å². The summed E-state index contributed by atoms with van der Waals surface area (Å²) in [6, 6.07) is 5.94. The molecule has 1 aromatic rings. The lowest BCUT2D eigenvalue weighted by Crippen LogP contribution is -2.12. The van der Waals surface area contributed by atoms with Crippen LogP contribution in [0.25, 0.3) is 0 Å². The predicted molar refractivity (Wildman–Crippen MR) is 71.1 cm³/mol. The number of hydrogen-bond donors (Lipinski definition) is 0. The molecule has 2 aliphatic rings. The van der Waals surface area contributed by atoms with Crippen LogP contribution in [0, 0.1) is 11.8 Å².